The van der Waals surface area contributed by atoms with Crippen molar-refractivity contribution in [2.75, 3.05) is 11.9 Å². The van der Waals surface area contributed by atoms with E-state index >= 15 is 0 Å². The lowest BCUT2D eigenvalue weighted by Crippen LogP contribution is -2.68. The molecule has 2 heterocycles. The standard InChI is InChI=1S/C17H23N3O2/c1-11-5-4-6-13(18-11)19-16(21)20-14-12-7-10-22-15(12)17(14)8-2-3-9-17/h4-6,12,14-15H,2-3,7-10H2,1H3,(H2,18,19,20,21)/t12-,14+,15+/m0/s1. The molecule has 3 atom stereocenters. The Morgan fingerprint density at radius 2 is 2.18 bits per heavy atom. The van der Waals surface area contributed by atoms with Crippen LogP contribution in [0.4, 0.5) is 10.6 Å². The maximum absolute atomic E-state index is 12.4. The van der Waals surface area contributed by atoms with Gasteiger partial charge >= 0.3 is 6.03 Å². The molecule has 3 aliphatic rings. The molecule has 1 aromatic rings. The van der Waals surface area contributed by atoms with Crippen LogP contribution < -0.4 is 10.6 Å². The van der Waals surface area contributed by atoms with Gasteiger partial charge in [-0.15, -0.1) is 0 Å². The van der Waals surface area contributed by atoms with E-state index in [2.05, 4.69) is 15.6 Å². The molecule has 0 unspecified atom stereocenters. The number of nitrogens with one attached hydrogen (secondary N) is 2. The van der Waals surface area contributed by atoms with Crippen LogP contribution in [0.1, 0.15) is 37.8 Å². The van der Waals surface area contributed by atoms with Crippen LogP contribution in [0, 0.1) is 18.3 Å². The maximum Gasteiger partial charge on any atom is 0.320 e. The number of fused-ring (bicyclic) bond motifs is 2. The summed E-state index contributed by atoms with van der Waals surface area (Å²) in [7, 11) is 0. The molecular weight excluding hydrogens is 278 g/mol. The van der Waals surface area contributed by atoms with E-state index in [0.717, 1.165) is 18.7 Å². The molecule has 2 aliphatic carbocycles. The van der Waals surface area contributed by atoms with Crippen molar-refractivity contribution in [1.29, 1.82) is 0 Å². The largest absolute Gasteiger partial charge is 0.377 e. The summed E-state index contributed by atoms with van der Waals surface area (Å²) in [5, 5.41) is 6.08. The molecule has 2 saturated carbocycles. The quantitative estimate of drug-likeness (QED) is 0.883. The lowest BCUT2D eigenvalue weighted by molar-refractivity contribution is -0.125. The van der Waals surface area contributed by atoms with Crippen LogP contribution in [-0.2, 0) is 4.74 Å². The van der Waals surface area contributed by atoms with E-state index in [1.165, 1.54) is 25.7 Å². The number of hydrogen-bond acceptors (Lipinski definition) is 3. The molecule has 2 N–H and O–H groups in total. The summed E-state index contributed by atoms with van der Waals surface area (Å²) < 4.78 is 5.95. The Morgan fingerprint density at radius 3 is 2.95 bits per heavy atom. The fraction of sp³-hybridized carbons (Fsp3) is 0.647. The second kappa shape index (κ2) is 5.23. The number of carbonyl (C=O) groups excluding carboxylic acids is 1. The summed E-state index contributed by atoms with van der Waals surface area (Å²) in [5.41, 5.74) is 1.09. The van der Waals surface area contributed by atoms with Gasteiger partial charge in [-0.2, -0.15) is 0 Å². The minimum Gasteiger partial charge on any atom is -0.377 e. The fourth-order valence-corrected chi connectivity index (χ4v) is 4.81. The Bertz CT molecular complexity index is 583. The fourth-order valence-electron chi connectivity index (χ4n) is 4.81. The van der Waals surface area contributed by atoms with E-state index in [9.17, 15) is 4.79 Å². The van der Waals surface area contributed by atoms with Gasteiger partial charge in [0.25, 0.3) is 0 Å². The van der Waals surface area contributed by atoms with Crippen molar-refractivity contribution >= 4 is 11.8 Å². The number of urea groups is 1. The number of aryl methyl sites for hydroxylation is 1. The van der Waals surface area contributed by atoms with Crippen LogP contribution in [0.2, 0.25) is 0 Å². The molecule has 22 heavy (non-hydrogen) atoms. The zero-order chi connectivity index (χ0) is 15.2. The van der Waals surface area contributed by atoms with Gasteiger partial charge in [-0.05, 0) is 38.3 Å². The number of pyridine rings is 1. The number of aromatic nitrogens is 1. The summed E-state index contributed by atoms with van der Waals surface area (Å²) in [6.07, 6.45) is 6.32. The van der Waals surface area contributed by atoms with Crippen LogP contribution in [0.25, 0.3) is 0 Å². The Labute approximate surface area is 130 Å². The molecule has 2 amide bonds. The lowest BCUT2D eigenvalue weighted by Gasteiger charge is -2.56. The average molecular weight is 301 g/mol. The van der Waals surface area contributed by atoms with Crippen molar-refractivity contribution in [3.63, 3.8) is 0 Å². The average Bonchev–Trinajstić information content (AvgIpc) is 3.13. The molecule has 1 aliphatic heterocycles. The highest BCUT2D eigenvalue weighted by atomic mass is 16.5. The van der Waals surface area contributed by atoms with E-state index in [1.807, 2.05) is 25.1 Å². The second-order valence-electron chi connectivity index (χ2n) is 6.92. The second-order valence-corrected chi connectivity index (χ2v) is 6.92. The third kappa shape index (κ3) is 2.10. The van der Waals surface area contributed by atoms with Gasteiger partial charge in [-0.1, -0.05) is 18.9 Å². The van der Waals surface area contributed by atoms with Crippen molar-refractivity contribution in [2.24, 2.45) is 11.3 Å². The van der Waals surface area contributed by atoms with Gasteiger partial charge in [0.2, 0.25) is 0 Å². The van der Waals surface area contributed by atoms with E-state index in [0.29, 0.717) is 17.8 Å². The van der Waals surface area contributed by atoms with Gasteiger partial charge in [0, 0.05) is 29.7 Å². The highest BCUT2D eigenvalue weighted by Crippen LogP contribution is 2.60. The zero-order valence-electron chi connectivity index (χ0n) is 13.0. The smallest absolute Gasteiger partial charge is 0.320 e. The topological polar surface area (TPSA) is 63.2 Å². The summed E-state index contributed by atoms with van der Waals surface area (Å²) in [4.78, 5) is 16.7. The van der Waals surface area contributed by atoms with E-state index < -0.39 is 0 Å². The summed E-state index contributed by atoms with van der Waals surface area (Å²) >= 11 is 0. The summed E-state index contributed by atoms with van der Waals surface area (Å²) in [5.74, 6) is 1.10. The van der Waals surface area contributed by atoms with Crippen molar-refractivity contribution in [3.8, 4) is 0 Å². The molecule has 0 aromatic carbocycles. The van der Waals surface area contributed by atoms with Crippen molar-refractivity contribution in [2.45, 2.75) is 51.2 Å². The van der Waals surface area contributed by atoms with Crippen LogP contribution in [0.15, 0.2) is 18.2 Å². The van der Waals surface area contributed by atoms with Gasteiger partial charge in [0.05, 0.1) is 6.10 Å². The molecule has 0 bridgehead atoms. The van der Waals surface area contributed by atoms with Gasteiger partial charge in [-0.3, -0.25) is 5.32 Å². The number of hydrogen-bond donors (Lipinski definition) is 2. The molecule has 5 heteroatoms. The van der Waals surface area contributed by atoms with Gasteiger partial charge in [0.15, 0.2) is 0 Å². The van der Waals surface area contributed by atoms with Crippen molar-refractivity contribution < 1.29 is 9.53 Å². The van der Waals surface area contributed by atoms with Gasteiger partial charge < -0.3 is 10.1 Å². The molecule has 1 spiro atoms. The van der Waals surface area contributed by atoms with Crippen LogP contribution >= 0.6 is 0 Å². The third-order valence-electron chi connectivity index (χ3n) is 5.70. The SMILES string of the molecule is Cc1cccc(NC(=O)N[C@@H]2[C@@H]3CCO[C@H]3C23CCCC3)n1. The minimum atomic E-state index is -0.139. The number of anilines is 1. The molecule has 1 aromatic heterocycles. The summed E-state index contributed by atoms with van der Waals surface area (Å²) in [6.45, 7) is 2.76. The third-order valence-corrected chi connectivity index (χ3v) is 5.70. The lowest BCUT2D eigenvalue weighted by atomic mass is 9.54. The van der Waals surface area contributed by atoms with E-state index in [1.54, 1.807) is 0 Å². The summed E-state index contributed by atoms with van der Waals surface area (Å²) in [6, 6.07) is 5.76. The minimum absolute atomic E-state index is 0.139. The molecule has 1 saturated heterocycles. The highest BCUT2D eigenvalue weighted by Gasteiger charge is 2.65. The van der Waals surface area contributed by atoms with Crippen LogP contribution in [-0.4, -0.2) is 29.8 Å². The molecule has 3 fully saturated rings. The number of amides is 2. The Hall–Kier alpha value is -1.62. The number of nitrogens with zero attached hydrogens (tertiary/aromatic N) is 1. The Morgan fingerprint density at radius 1 is 1.36 bits per heavy atom. The number of ether oxygens (including phenoxy) is 1. The Balaban J connectivity index is 1.45. The van der Waals surface area contributed by atoms with Crippen LogP contribution in [0.3, 0.4) is 0 Å². The number of rotatable bonds is 2. The first-order valence-electron chi connectivity index (χ1n) is 8.32. The predicted molar refractivity (Wildman–Crippen MR) is 83.7 cm³/mol. The first-order chi connectivity index (χ1) is 10.7. The number of carbonyl (C=O) groups is 1. The van der Waals surface area contributed by atoms with Crippen LogP contribution in [0.5, 0.6) is 0 Å². The van der Waals surface area contributed by atoms with Crippen molar-refractivity contribution in [3.05, 3.63) is 23.9 Å². The van der Waals surface area contributed by atoms with Gasteiger partial charge in [0.1, 0.15) is 5.82 Å². The molecule has 4 rings (SSSR count). The normalized spacial score (nSPS) is 31.6. The molecular formula is C17H23N3O2. The van der Waals surface area contributed by atoms with E-state index in [-0.39, 0.29) is 17.5 Å². The Kier molecular flexibility index (Phi) is 3.33. The molecule has 0 radical (unpaired) electrons. The highest BCUT2D eigenvalue weighted by molar-refractivity contribution is 5.88. The first-order valence-corrected chi connectivity index (χ1v) is 8.32. The zero-order valence-corrected chi connectivity index (χ0v) is 13.0. The monoisotopic (exact) mass is 301 g/mol. The van der Waals surface area contributed by atoms with Gasteiger partial charge in [-0.25, -0.2) is 9.78 Å². The maximum atomic E-state index is 12.4. The van der Waals surface area contributed by atoms with Crippen molar-refractivity contribution in [1.82, 2.24) is 10.3 Å². The first kappa shape index (κ1) is 14.0. The molecule has 5 nitrogen and oxygen atoms in total. The van der Waals surface area contributed by atoms with E-state index in [4.69, 9.17) is 4.74 Å². The molecule has 118 valence electrons. The predicted octanol–water partition coefficient (Wildman–Crippen LogP) is 2.86.